The van der Waals surface area contributed by atoms with Gasteiger partial charge in [0.1, 0.15) is 0 Å². The molecular weight excluding hydrogens is 228 g/mol. The predicted octanol–water partition coefficient (Wildman–Crippen LogP) is 1.69. The number of nitrogens with zero attached hydrogens (tertiary/aromatic N) is 1. The average molecular weight is 252 g/mol. The predicted molar refractivity (Wildman–Crippen MR) is 70.0 cm³/mol. The SMILES string of the molecule is CNC1CCCC1CCN1C(=O)CCCCC1=O. The molecule has 2 atom stereocenters. The minimum atomic E-state index is 0.0384. The summed E-state index contributed by atoms with van der Waals surface area (Å²) in [5.74, 6) is 0.701. The fraction of sp³-hybridized carbons (Fsp3) is 0.857. The number of amides is 2. The van der Waals surface area contributed by atoms with Crippen molar-refractivity contribution in [2.24, 2.45) is 5.92 Å². The van der Waals surface area contributed by atoms with Gasteiger partial charge in [0.15, 0.2) is 0 Å². The van der Waals surface area contributed by atoms with Gasteiger partial charge in [-0.15, -0.1) is 0 Å². The molecule has 2 rings (SSSR count). The first-order valence-electron chi connectivity index (χ1n) is 7.23. The van der Waals surface area contributed by atoms with Gasteiger partial charge in [-0.25, -0.2) is 0 Å². The van der Waals surface area contributed by atoms with Crippen LogP contribution in [-0.4, -0.2) is 36.3 Å². The summed E-state index contributed by atoms with van der Waals surface area (Å²) >= 11 is 0. The fourth-order valence-corrected chi connectivity index (χ4v) is 3.27. The number of likely N-dealkylation sites (tertiary alicyclic amines) is 1. The lowest BCUT2D eigenvalue weighted by Gasteiger charge is -2.23. The maximum atomic E-state index is 11.9. The number of imide groups is 1. The van der Waals surface area contributed by atoms with Crippen molar-refractivity contribution in [3.8, 4) is 0 Å². The lowest BCUT2D eigenvalue weighted by molar-refractivity contribution is -0.143. The second-order valence-electron chi connectivity index (χ2n) is 5.52. The molecule has 0 aromatic carbocycles. The second kappa shape index (κ2) is 6.32. The lowest BCUT2D eigenvalue weighted by Crippen LogP contribution is -2.38. The van der Waals surface area contributed by atoms with E-state index in [1.807, 2.05) is 7.05 Å². The number of nitrogens with one attached hydrogen (secondary N) is 1. The van der Waals surface area contributed by atoms with Gasteiger partial charge in [0.25, 0.3) is 0 Å². The van der Waals surface area contributed by atoms with Crippen LogP contribution in [0.4, 0.5) is 0 Å². The van der Waals surface area contributed by atoms with Crippen molar-refractivity contribution in [3.63, 3.8) is 0 Å². The molecule has 1 aliphatic heterocycles. The van der Waals surface area contributed by atoms with Crippen molar-refractivity contribution in [3.05, 3.63) is 0 Å². The first kappa shape index (κ1) is 13.5. The van der Waals surface area contributed by atoms with E-state index in [9.17, 15) is 9.59 Å². The molecule has 2 aliphatic rings. The van der Waals surface area contributed by atoms with Gasteiger partial charge in [0.2, 0.25) is 11.8 Å². The molecule has 4 heteroatoms. The molecule has 0 radical (unpaired) electrons. The molecule has 1 heterocycles. The highest BCUT2D eigenvalue weighted by Crippen LogP contribution is 2.28. The highest BCUT2D eigenvalue weighted by molar-refractivity contribution is 5.95. The third-order valence-electron chi connectivity index (χ3n) is 4.39. The lowest BCUT2D eigenvalue weighted by atomic mass is 9.99. The molecule has 1 saturated carbocycles. The van der Waals surface area contributed by atoms with E-state index in [4.69, 9.17) is 0 Å². The molecule has 2 amide bonds. The Labute approximate surface area is 109 Å². The summed E-state index contributed by atoms with van der Waals surface area (Å²) in [5, 5.41) is 3.35. The molecule has 18 heavy (non-hydrogen) atoms. The van der Waals surface area contributed by atoms with Gasteiger partial charge in [-0.3, -0.25) is 14.5 Å². The summed E-state index contributed by atoms with van der Waals surface area (Å²) in [6.07, 6.45) is 7.50. The molecule has 0 bridgehead atoms. The maximum Gasteiger partial charge on any atom is 0.229 e. The van der Waals surface area contributed by atoms with E-state index < -0.39 is 0 Å². The Morgan fingerprint density at radius 3 is 2.39 bits per heavy atom. The molecule has 0 aromatic rings. The molecule has 0 aromatic heterocycles. The number of carbonyl (C=O) groups excluding carboxylic acids is 2. The van der Waals surface area contributed by atoms with Crippen LogP contribution in [0.5, 0.6) is 0 Å². The molecule has 4 nitrogen and oxygen atoms in total. The average Bonchev–Trinajstić information content (AvgIpc) is 2.75. The van der Waals surface area contributed by atoms with E-state index in [1.165, 1.54) is 24.2 Å². The Balaban J connectivity index is 1.87. The van der Waals surface area contributed by atoms with Crippen LogP contribution in [0.3, 0.4) is 0 Å². The Hall–Kier alpha value is -0.900. The highest BCUT2D eigenvalue weighted by atomic mass is 16.2. The number of rotatable bonds is 4. The maximum absolute atomic E-state index is 11.9. The fourth-order valence-electron chi connectivity index (χ4n) is 3.27. The van der Waals surface area contributed by atoms with Crippen LogP contribution in [0, 0.1) is 5.92 Å². The second-order valence-corrected chi connectivity index (χ2v) is 5.52. The number of hydrogen-bond donors (Lipinski definition) is 1. The van der Waals surface area contributed by atoms with E-state index in [2.05, 4.69) is 5.32 Å². The summed E-state index contributed by atoms with van der Waals surface area (Å²) in [5.41, 5.74) is 0. The third kappa shape index (κ3) is 3.10. The molecule has 2 fully saturated rings. The van der Waals surface area contributed by atoms with Crippen molar-refractivity contribution in [1.82, 2.24) is 10.2 Å². The zero-order valence-corrected chi connectivity index (χ0v) is 11.3. The van der Waals surface area contributed by atoms with Crippen molar-refractivity contribution < 1.29 is 9.59 Å². The largest absolute Gasteiger partial charge is 0.317 e. The summed E-state index contributed by atoms with van der Waals surface area (Å²) in [7, 11) is 2.01. The van der Waals surface area contributed by atoms with Crippen molar-refractivity contribution in [1.29, 1.82) is 0 Å². The molecule has 1 N–H and O–H groups in total. The topological polar surface area (TPSA) is 49.4 Å². The van der Waals surface area contributed by atoms with E-state index in [0.717, 1.165) is 19.3 Å². The zero-order valence-electron chi connectivity index (χ0n) is 11.3. The smallest absolute Gasteiger partial charge is 0.229 e. The van der Waals surface area contributed by atoms with Gasteiger partial charge < -0.3 is 5.32 Å². The van der Waals surface area contributed by atoms with Gasteiger partial charge in [0.05, 0.1) is 0 Å². The van der Waals surface area contributed by atoms with Crippen LogP contribution in [0.25, 0.3) is 0 Å². The van der Waals surface area contributed by atoms with Crippen molar-refractivity contribution in [2.45, 2.75) is 57.4 Å². The first-order chi connectivity index (χ1) is 8.72. The van der Waals surface area contributed by atoms with E-state index >= 15 is 0 Å². The van der Waals surface area contributed by atoms with Gasteiger partial charge in [0, 0.05) is 25.4 Å². The normalized spacial score (nSPS) is 29.7. The van der Waals surface area contributed by atoms with Crippen LogP contribution in [0.2, 0.25) is 0 Å². The first-order valence-corrected chi connectivity index (χ1v) is 7.23. The molecular formula is C14H24N2O2. The van der Waals surface area contributed by atoms with Crippen LogP contribution in [0.15, 0.2) is 0 Å². The Bertz CT molecular complexity index is 299. The van der Waals surface area contributed by atoms with Crippen molar-refractivity contribution >= 4 is 11.8 Å². The van der Waals surface area contributed by atoms with Crippen LogP contribution in [-0.2, 0) is 9.59 Å². The Morgan fingerprint density at radius 1 is 1.11 bits per heavy atom. The third-order valence-corrected chi connectivity index (χ3v) is 4.39. The van der Waals surface area contributed by atoms with Crippen LogP contribution < -0.4 is 5.32 Å². The highest BCUT2D eigenvalue weighted by Gasteiger charge is 2.29. The quantitative estimate of drug-likeness (QED) is 0.775. The molecule has 2 unspecified atom stereocenters. The van der Waals surface area contributed by atoms with Crippen LogP contribution >= 0.6 is 0 Å². The van der Waals surface area contributed by atoms with E-state index in [1.54, 1.807) is 0 Å². The summed E-state index contributed by atoms with van der Waals surface area (Å²) < 4.78 is 0. The monoisotopic (exact) mass is 252 g/mol. The molecule has 0 spiro atoms. The minimum absolute atomic E-state index is 0.0384. The van der Waals surface area contributed by atoms with Crippen molar-refractivity contribution in [2.75, 3.05) is 13.6 Å². The standard InChI is InChI=1S/C14H24N2O2/c1-15-12-6-4-5-11(12)9-10-16-13(17)7-2-3-8-14(16)18/h11-12,15H,2-10H2,1H3. The van der Waals surface area contributed by atoms with Gasteiger partial charge in [-0.05, 0) is 45.1 Å². The summed E-state index contributed by atoms with van der Waals surface area (Å²) in [6.45, 7) is 0.626. The summed E-state index contributed by atoms with van der Waals surface area (Å²) in [6, 6.07) is 0.571. The van der Waals surface area contributed by atoms with E-state index in [0.29, 0.717) is 31.3 Å². The van der Waals surface area contributed by atoms with Gasteiger partial charge in [-0.1, -0.05) is 6.42 Å². The van der Waals surface area contributed by atoms with Crippen LogP contribution in [0.1, 0.15) is 51.4 Å². The molecule has 1 aliphatic carbocycles. The molecule has 1 saturated heterocycles. The van der Waals surface area contributed by atoms with E-state index in [-0.39, 0.29) is 11.8 Å². The minimum Gasteiger partial charge on any atom is -0.317 e. The zero-order chi connectivity index (χ0) is 13.0. The number of carbonyl (C=O) groups is 2. The van der Waals surface area contributed by atoms with Gasteiger partial charge in [-0.2, -0.15) is 0 Å². The Kier molecular flexibility index (Phi) is 4.75. The summed E-state index contributed by atoms with van der Waals surface area (Å²) in [4.78, 5) is 25.3. The van der Waals surface area contributed by atoms with Gasteiger partial charge >= 0.3 is 0 Å². The Morgan fingerprint density at radius 2 is 1.78 bits per heavy atom. The number of hydrogen-bond acceptors (Lipinski definition) is 3. The molecule has 102 valence electrons.